The number of morpholine rings is 1. The van der Waals surface area contributed by atoms with Crippen LogP contribution in [0.15, 0.2) is 18.2 Å². The standard InChI is InChI=1S/C24H38N2O4/c1-6-11-25-15-21(16-28-5)30-24(17-25)9-12-26(13-10-24)23(27)20-7-8-22(19(4)14-20)29-18(2)3/h7-8,14,18,21H,6,9-13,15-17H2,1-5H3. The summed E-state index contributed by atoms with van der Waals surface area (Å²) in [7, 11) is 1.73. The fourth-order valence-electron chi connectivity index (χ4n) is 4.69. The number of methoxy groups -OCH3 is 1. The summed E-state index contributed by atoms with van der Waals surface area (Å²) in [5.41, 5.74) is 1.56. The molecule has 1 spiro atoms. The van der Waals surface area contributed by atoms with Gasteiger partial charge in [0.25, 0.3) is 5.91 Å². The Morgan fingerprint density at radius 2 is 2.03 bits per heavy atom. The normalized spacial score (nSPS) is 21.9. The molecular formula is C24H38N2O4. The van der Waals surface area contributed by atoms with Gasteiger partial charge in [0.1, 0.15) is 5.75 Å². The van der Waals surface area contributed by atoms with Crippen molar-refractivity contribution in [2.24, 2.45) is 0 Å². The molecule has 3 rings (SSSR count). The summed E-state index contributed by atoms with van der Waals surface area (Å²) in [6.07, 6.45) is 3.09. The van der Waals surface area contributed by atoms with Crippen molar-refractivity contribution in [2.45, 2.75) is 64.8 Å². The summed E-state index contributed by atoms with van der Waals surface area (Å²) < 4.78 is 17.7. The molecule has 1 aromatic rings. The number of ether oxygens (including phenoxy) is 3. The number of nitrogens with zero attached hydrogens (tertiary/aromatic N) is 2. The SMILES string of the molecule is CCCN1CC(COC)OC2(CCN(C(=O)c3ccc(OC(C)C)c(C)c3)CC2)C1. The molecule has 0 aliphatic carbocycles. The second-order valence-electron chi connectivity index (χ2n) is 9.05. The minimum Gasteiger partial charge on any atom is -0.491 e. The monoisotopic (exact) mass is 418 g/mol. The fourth-order valence-corrected chi connectivity index (χ4v) is 4.69. The van der Waals surface area contributed by atoms with E-state index in [4.69, 9.17) is 14.2 Å². The summed E-state index contributed by atoms with van der Waals surface area (Å²) in [6.45, 7) is 13.3. The van der Waals surface area contributed by atoms with E-state index in [1.54, 1.807) is 7.11 Å². The van der Waals surface area contributed by atoms with Gasteiger partial charge in [-0.3, -0.25) is 9.69 Å². The summed E-state index contributed by atoms with van der Waals surface area (Å²) in [4.78, 5) is 17.6. The van der Waals surface area contributed by atoms with Crippen molar-refractivity contribution < 1.29 is 19.0 Å². The van der Waals surface area contributed by atoms with Gasteiger partial charge in [-0.2, -0.15) is 0 Å². The van der Waals surface area contributed by atoms with Gasteiger partial charge < -0.3 is 19.1 Å². The molecule has 0 saturated carbocycles. The number of aryl methyl sites for hydroxylation is 1. The molecule has 30 heavy (non-hydrogen) atoms. The molecule has 0 bridgehead atoms. The molecule has 0 aromatic heterocycles. The van der Waals surface area contributed by atoms with Crippen LogP contribution in [0, 0.1) is 6.92 Å². The number of carbonyl (C=O) groups excluding carboxylic acids is 1. The first-order valence-electron chi connectivity index (χ1n) is 11.3. The number of hydrogen-bond donors (Lipinski definition) is 0. The van der Waals surface area contributed by atoms with Crippen molar-refractivity contribution in [3.05, 3.63) is 29.3 Å². The molecule has 2 heterocycles. The van der Waals surface area contributed by atoms with Crippen LogP contribution >= 0.6 is 0 Å². The number of benzene rings is 1. The van der Waals surface area contributed by atoms with Crippen molar-refractivity contribution in [1.29, 1.82) is 0 Å². The third-order valence-corrected chi connectivity index (χ3v) is 6.03. The lowest BCUT2D eigenvalue weighted by molar-refractivity contribution is -0.185. The molecule has 2 saturated heterocycles. The van der Waals surface area contributed by atoms with Gasteiger partial charge in [-0.05, 0) is 70.3 Å². The second kappa shape index (κ2) is 10.1. The van der Waals surface area contributed by atoms with Crippen LogP contribution in [0.5, 0.6) is 5.75 Å². The smallest absolute Gasteiger partial charge is 0.253 e. The van der Waals surface area contributed by atoms with E-state index in [9.17, 15) is 4.79 Å². The maximum Gasteiger partial charge on any atom is 0.253 e. The minimum atomic E-state index is -0.168. The molecule has 2 aliphatic heterocycles. The van der Waals surface area contributed by atoms with Crippen molar-refractivity contribution in [3.8, 4) is 5.75 Å². The Bertz CT molecular complexity index is 697. The molecule has 6 nitrogen and oxygen atoms in total. The van der Waals surface area contributed by atoms with Crippen molar-refractivity contribution >= 4 is 5.91 Å². The van der Waals surface area contributed by atoms with Gasteiger partial charge in [-0.25, -0.2) is 0 Å². The van der Waals surface area contributed by atoms with Gasteiger partial charge in [0.05, 0.1) is 24.4 Å². The lowest BCUT2D eigenvalue weighted by atomic mass is 9.88. The Morgan fingerprint density at radius 3 is 2.63 bits per heavy atom. The van der Waals surface area contributed by atoms with Crippen LogP contribution in [-0.4, -0.2) is 80.0 Å². The van der Waals surface area contributed by atoms with Crippen LogP contribution in [0.4, 0.5) is 0 Å². The number of carbonyl (C=O) groups is 1. The van der Waals surface area contributed by atoms with Crippen LogP contribution < -0.4 is 4.74 Å². The van der Waals surface area contributed by atoms with Crippen LogP contribution in [0.2, 0.25) is 0 Å². The molecule has 6 heteroatoms. The summed E-state index contributed by atoms with van der Waals surface area (Å²) in [5.74, 6) is 0.939. The predicted molar refractivity (Wildman–Crippen MR) is 118 cm³/mol. The summed E-state index contributed by atoms with van der Waals surface area (Å²) in [6, 6.07) is 5.74. The Morgan fingerprint density at radius 1 is 1.30 bits per heavy atom. The van der Waals surface area contributed by atoms with E-state index in [0.29, 0.717) is 6.61 Å². The molecule has 1 atom stereocenters. The largest absolute Gasteiger partial charge is 0.491 e. The van der Waals surface area contributed by atoms with E-state index in [2.05, 4.69) is 11.8 Å². The lowest BCUT2D eigenvalue weighted by Crippen LogP contribution is -2.60. The highest BCUT2D eigenvalue weighted by Gasteiger charge is 2.43. The first-order valence-corrected chi connectivity index (χ1v) is 11.3. The number of piperidine rings is 1. The van der Waals surface area contributed by atoms with E-state index >= 15 is 0 Å². The zero-order chi connectivity index (χ0) is 21.7. The van der Waals surface area contributed by atoms with Crippen LogP contribution in [0.25, 0.3) is 0 Å². The summed E-state index contributed by atoms with van der Waals surface area (Å²) >= 11 is 0. The molecule has 1 unspecified atom stereocenters. The lowest BCUT2D eigenvalue weighted by Gasteiger charge is -2.50. The van der Waals surface area contributed by atoms with Crippen molar-refractivity contribution in [3.63, 3.8) is 0 Å². The molecule has 1 aromatic carbocycles. The molecule has 2 fully saturated rings. The zero-order valence-electron chi connectivity index (χ0n) is 19.3. The Hall–Kier alpha value is -1.63. The minimum absolute atomic E-state index is 0.0960. The summed E-state index contributed by atoms with van der Waals surface area (Å²) in [5, 5.41) is 0. The third kappa shape index (κ3) is 5.54. The Labute approximate surface area is 181 Å². The number of likely N-dealkylation sites (tertiary alicyclic amines) is 1. The highest BCUT2D eigenvalue weighted by molar-refractivity contribution is 5.94. The molecular weight excluding hydrogens is 380 g/mol. The van der Waals surface area contributed by atoms with Crippen molar-refractivity contribution in [2.75, 3.05) is 46.4 Å². The zero-order valence-corrected chi connectivity index (χ0v) is 19.3. The Kier molecular flexibility index (Phi) is 7.77. The van der Waals surface area contributed by atoms with Gasteiger partial charge in [-0.1, -0.05) is 6.92 Å². The first-order chi connectivity index (χ1) is 14.4. The van der Waals surface area contributed by atoms with Gasteiger partial charge in [0.2, 0.25) is 0 Å². The number of amides is 1. The average Bonchev–Trinajstić information content (AvgIpc) is 2.69. The predicted octanol–water partition coefficient (Wildman–Crippen LogP) is 3.51. The second-order valence-corrected chi connectivity index (χ2v) is 9.05. The third-order valence-electron chi connectivity index (χ3n) is 6.03. The maximum atomic E-state index is 13.1. The van der Waals surface area contributed by atoms with Gasteiger partial charge >= 0.3 is 0 Å². The molecule has 1 amide bonds. The Balaban J connectivity index is 1.64. The number of hydrogen-bond acceptors (Lipinski definition) is 5. The molecule has 0 radical (unpaired) electrons. The highest BCUT2D eigenvalue weighted by Crippen LogP contribution is 2.33. The van der Waals surface area contributed by atoms with E-state index in [-0.39, 0.29) is 23.7 Å². The molecule has 168 valence electrons. The number of rotatable bonds is 7. The van der Waals surface area contributed by atoms with Gasteiger partial charge in [-0.15, -0.1) is 0 Å². The highest BCUT2D eigenvalue weighted by atomic mass is 16.5. The maximum absolute atomic E-state index is 13.1. The van der Waals surface area contributed by atoms with Gasteiger partial charge in [0, 0.05) is 38.9 Å². The van der Waals surface area contributed by atoms with Crippen molar-refractivity contribution in [1.82, 2.24) is 9.80 Å². The average molecular weight is 419 g/mol. The quantitative estimate of drug-likeness (QED) is 0.678. The first kappa shape index (κ1) is 23.0. The van der Waals surface area contributed by atoms with E-state index in [1.165, 1.54) is 0 Å². The van der Waals surface area contributed by atoms with E-state index in [0.717, 1.165) is 68.9 Å². The molecule has 0 N–H and O–H groups in total. The van der Waals surface area contributed by atoms with Crippen LogP contribution in [0.1, 0.15) is 56.0 Å². The van der Waals surface area contributed by atoms with E-state index < -0.39 is 0 Å². The topological polar surface area (TPSA) is 51.2 Å². The van der Waals surface area contributed by atoms with Crippen LogP contribution in [-0.2, 0) is 9.47 Å². The van der Waals surface area contributed by atoms with E-state index in [1.807, 2.05) is 43.9 Å². The van der Waals surface area contributed by atoms with Gasteiger partial charge in [0.15, 0.2) is 0 Å². The molecule has 2 aliphatic rings. The fraction of sp³-hybridized carbons (Fsp3) is 0.708. The van der Waals surface area contributed by atoms with Crippen LogP contribution in [0.3, 0.4) is 0 Å².